The maximum atomic E-state index is 5.64. The smallest absolute Gasteiger partial charge is 0.128 e. The molecule has 3 N–H and O–H groups in total. The molecule has 146 valence electrons. The van der Waals surface area contributed by atoms with E-state index in [0.29, 0.717) is 0 Å². The average molecular weight is 422 g/mol. The van der Waals surface area contributed by atoms with Gasteiger partial charge in [-0.2, -0.15) is 0 Å². The Kier molecular flexibility index (Phi) is 4.16. The van der Waals surface area contributed by atoms with E-state index < -0.39 is 0 Å². The molecule has 7 heteroatoms. The summed E-state index contributed by atoms with van der Waals surface area (Å²) in [6, 6.07) is 10.7. The van der Waals surface area contributed by atoms with E-state index >= 15 is 0 Å². The van der Waals surface area contributed by atoms with Gasteiger partial charge in [-0.05, 0) is 36.4 Å². The zero-order valence-corrected chi connectivity index (χ0v) is 17.5. The van der Waals surface area contributed by atoms with E-state index in [0.717, 1.165) is 54.3 Å². The van der Waals surface area contributed by atoms with Crippen molar-refractivity contribution in [3.8, 4) is 0 Å². The number of hydrogen-bond donors (Lipinski definition) is 2. The predicted molar refractivity (Wildman–Crippen MR) is 120 cm³/mol. The van der Waals surface area contributed by atoms with Gasteiger partial charge in [0.1, 0.15) is 10.4 Å². The molecule has 2 aliphatic heterocycles. The van der Waals surface area contributed by atoms with Crippen molar-refractivity contribution in [1.82, 2.24) is 9.97 Å². The van der Waals surface area contributed by atoms with Crippen LogP contribution in [0.5, 0.6) is 0 Å². The number of nitrogens with two attached hydrogens (primary N) is 1. The van der Waals surface area contributed by atoms with Gasteiger partial charge in [-0.15, -0.1) is 22.7 Å². The number of nitrogens with one attached hydrogen (secondary N) is 1. The van der Waals surface area contributed by atoms with E-state index in [1.165, 1.54) is 20.5 Å². The molecule has 1 aromatic carbocycles. The molecule has 5 nitrogen and oxygen atoms in total. The summed E-state index contributed by atoms with van der Waals surface area (Å²) in [5, 5.41) is 7.26. The van der Waals surface area contributed by atoms with Gasteiger partial charge in [-0.1, -0.05) is 0 Å². The standard InChI is InChI=1S/C22H20N4OS2/c1-2-19-18(24-13-28-19)11-14(1)26-17-4-7-23-21-15(17)12-20(29-21)16-3-8-25-22(16)5-9-27-10-6-22/h1-4,7,11-13,25H,5-6,8-10H2,(H,23,26)/p+1. The number of ether oxygens (including phenoxy) is 1. The van der Waals surface area contributed by atoms with Crippen molar-refractivity contribution < 1.29 is 10.1 Å². The molecule has 3 aromatic heterocycles. The normalized spacial score (nSPS) is 18.6. The molecule has 2 aliphatic rings. The lowest BCUT2D eigenvalue weighted by molar-refractivity contribution is -0.702. The van der Waals surface area contributed by atoms with E-state index in [1.54, 1.807) is 22.7 Å². The lowest BCUT2D eigenvalue weighted by atomic mass is 9.83. The second kappa shape index (κ2) is 6.88. The molecular weight excluding hydrogens is 400 g/mol. The zero-order chi connectivity index (χ0) is 19.3. The largest absolute Gasteiger partial charge is 0.381 e. The summed E-state index contributed by atoms with van der Waals surface area (Å²) in [5.74, 6) is 0. The van der Waals surface area contributed by atoms with Gasteiger partial charge in [0, 0.05) is 40.6 Å². The summed E-state index contributed by atoms with van der Waals surface area (Å²) in [4.78, 5) is 11.5. The molecule has 6 rings (SSSR count). The fourth-order valence-electron chi connectivity index (χ4n) is 4.54. The third kappa shape index (κ3) is 2.97. The Bertz CT molecular complexity index is 1240. The molecule has 0 bridgehead atoms. The Labute approximate surface area is 176 Å². The van der Waals surface area contributed by atoms with Crippen LogP contribution in [0.15, 0.2) is 48.1 Å². The first-order chi connectivity index (χ1) is 14.3. The fraction of sp³-hybridized carbons (Fsp3) is 0.273. The summed E-state index contributed by atoms with van der Waals surface area (Å²) in [7, 11) is 0. The van der Waals surface area contributed by atoms with Crippen molar-refractivity contribution in [2.75, 3.05) is 25.1 Å². The highest BCUT2D eigenvalue weighted by atomic mass is 32.1. The third-order valence-corrected chi connectivity index (χ3v) is 7.95. The van der Waals surface area contributed by atoms with E-state index in [1.807, 2.05) is 11.7 Å². The number of quaternary nitrogens is 1. The molecule has 0 saturated carbocycles. The third-order valence-electron chi connectivity index (χ3n) is 6.06. The molecule has 1 spiro atoms. The maximum Gasteiger partial charge on any atom is 0.128 e. The number of nitrogens with zero attached hydrogens (tertiary/aromatic N) is 2. The Hall–Kier alpha value is -2.32. The monoisotopic (exact) mass is 421 g/mol. The van der Waals surface area contributed by atoms with Gasteiger partial charge in [-0.25, -0.2) is 9.97 Å². The van der Waals surface area contributed by atoms with Gasteiger partial charge >= 0.3 is 0 Å². The van der Waals surface area contributed by atoms with Crippen molar-refractivity contribution in [3.05, 3.63) is 53.0 Å². The number of pyridine rings is 1. The lowest BCUT2D eigenvalue weighted by Gasteiger charge is -2.32. The predicted octanol–water partition coefficient (Wildman–Crippen LogP) is 4.16. The minimum atomic E-state index is 0.183. The van der Waals surface area contributed by atoms with Crippen LogP contribution in [-0.4, -0.2) is 35.3 Å². The van der Waals surface area contributed by atoms with E-state index in [4.69, 9.17) is 4.74 Å². The Balaban J connectivity index is 1.38. The van der Waals surface area contributed by atoms with Gasteiger partial charge in [0.05, 0.1) is 41.2 Å². The highest BCUT2D eigenvalue weighted by Crippen LogP contribution is 2.41. The van der Waals surface area contributed by atoms with Crippen LogP contribution in [0.3, 0.4) is 0 Å². The quantitative estimate of drug-likeness (QED) is 0.521. The Morgan fingerprint density at radius 1 is 1.10 bits per heavy atom. The second-order valence-electron chi connectivity index (χ2n) is 7.67. The van der Waals surface area contributed by atoms with Crippen LogP contribution < -0.4 is 10.6 Å². The minimum absolute atomic E-state index is 0.183. The SMILES string of the molecule is C1=C(c2cc3c(Nc4ccc5scnc5c4)ccnc3s2)C2(CCOCC2)[NH2+]C1. The van der Waals surface area contributed by atoms with Crippen molar-refractivity contribution in [2.45, 2.75) is 18.4 Å². The van der Waals surface area contributed by atoms with Gasteiger partial charge in [0.2, 0.25) is 0 Å². The number of rotatable bonds is 3. The van der Waals surface area contributed by atoms with Crippen LogP contribution in [0.2, 0.25) is 0 Å². The molecule has 0 aliphatic carbocycles. The first kappa shape index (κ1) is 17.5. The summed E-state index contributed by atoms with van der Waals surface area (Å²) in [6.45, 7) is 2.75. The maximum absolute atomic E-state index is 5.64. The van der Waals surface area contributed by atoms with Gasteiger partial charge in [-0.3, -0.25) is 0 Å². The first-order valence-corrected chi connectivity index (χ1v) is 11.6. The van der Waals surface area contributed by atoms with Crippen molar-refractivity contribution in [3.63, 3.8) is 0 Å². The molecule has 5 heterocycles. The number of thiophene rings is 1. The van der Waals surface area contributed by atoms with Crippen molar-refractivity contribution in [1.29, 1.82) is 0 Å². The summed E-state index contributed by atoms with van der Waals surface area (Å²) in [6.07, 6.45) is 6.46. The zero-order valence-electron chi connectivity index (χ0n) is 15.9. The number of thiazole rings is 1. The molecule has 0 unspecified atom stereocenters. The molecule has 1 saturated heterocycles. The van der Waals surface area contributed by atoms with Crippen molar-refractivity contribution >= 4 is 60.1 Å². The van der Waals surface area contributed by atoms with E-state index in [-0.39, 0.29) is 5.54 Å². The fourth-order valence-corrected chi connectivity index (χ4v) is 6.38. The van der Waals surface area contributed by atoms with Crippen LogP contribution in [0.4, 0.5) is 11.4 Å². The molecule has 0 radical (unpaired) electrons. The lowest BCUT2D eigenvalue weighted by Crippen LogP contribution is -2.95. The number of anilines is 2. The highest BCUT2D eigenvalue weighted by molar-refractivity contribution is 7.19. The Morgan fingerprint density at radius 3 is 2.97 bits per heavy atom. The Morgan fingerprint density at radius 2 is 2.03 bits per heavy atom. The topological polar surface area (TPSA) is 63.7 Å². The highest BCUT2D eigenvalue weighted by Gasteiger charge is 2.43. The molecule has 0 atom stereocenters. The summed E-state index contributed by atoms with van der Waals surface area (Å²) < 4.78 is 6.85. The van der Waals surface area contributed by atoms with Gasteiger partial charge in [0.15, 0.2) is 0 Å². The van der Waals surface area contributed by atoms with Crippen LogP contribution >= 0.6 is 22.7 Å². The number of benzene rings is 1. The van der Waals surface area contributed by atoms with Crippen LogP contribution in [0.25, 0.3) is 26.0 Å². The number of hydrogen-bond acceptors (Lipinski definition) is 6. The van der Waals surface area contributed by atoms with Crippen LogP contribution in [0.1, 0.15) is 17.7 Å². The second-order valence-corrected chi connectivity index (χ2v) is 9.59. The van der Waals surface area contributed by atoms with E-state index in [9.17, 15) is 0 Å². The molecule has 29 heavy (non-hydrogen) atoms. The first-order valence-electron chi connectivity index (χ1n) is 9.93. The summed E-state index contributed by atoms with van der Waals surface area (Å²) >= 11 is 3.47. The number of fused-ring (bicyclic) bond motifs is 2. The average Bonchev–Trinajstić information content (AvgIpc) is 3.46. The van der Waals surface area contributed by atoms with Gasteiger partial charge in [0.25, 0.3) is 0 Å². The van der Waals surface area contributed by atoms with Crippen LogP contribution in [-0.2, 0) is 4.74 Å². The van der Waals surface area contributed by atoms with Crippen molar-refractivity contribution in [2.24, 2.45) is 0 Å². The molecule has 0 amide bonds. The van der Waals surface area contributed by atoms with E-state index in [2.05, 4.69) is 57.0 Å². The molecule has 4 aromatic rings. The molecule has 1 fully saturated rings. The molecular formula is C22H21N4OS2+. The minimum Gasteiger partial charge on any atom is -0.381 e. The summed E-state index contributed by atoms with van der Waals surface area (Å²) in [5.41, 5.74) is 6.72. The van der Waals surface area contributed by atoms with Gasteiger partial charge < -0.3 is 15.4 Å². The van der Waals surface area contributed by atoms with Crippen LogP contribution in [0, 0.1) is 0 Å². The number of aromatic nitrogens is 2.